The molecule has 0 aliphatic carbocycles. The van der Waals surface area contributed by atoms with E-state index in [1.165, 1.54) is 0 Å². The second kappa shape index (κ2) is 8.33. The van der Waals surface area contributed by atoms with E-state index in [1.807, 2.05) is 55.1 Å². The van der Waals surface area contributed by atoms with Crippen molar-refractivity contribution >= 4 is 11.9 Å². The molecule has 5 rings (SSSR count). The van der Waals surface area contributed by atoms with E-state index < -0.39 is 0 Å². The third-order valence-corrected chi connectivity index (χ3v) is 6.81. The van der Waals surface area contributed by atoms with Gasteiger partial charge in [-0.2, -0.15) is 15.4 Å². The Balaban J connectivity index is 1.30. The van der Waals surface area contributed by atoms with Gasteiger partial charge in [-0.25, -0.2) is 9.97 Å². The average molecular weight is 432 g/mol. The van der Waals surface area contributed by atoms with Gasteiger partial charge in [0.05, 0.1) is 12.0 Å². The van der Waals surface area contributed by atoms with Gasteiger partial charge < -0.3 is 9.80 Å². The zero-order valence-corrected chi connectivity index (χ0v) is 18.7. The van der Waals surface area contributed by atoms with Gasteiger partial charge in [-0.3, -0.25) is 4.79 Å². The van der Waals surface area contributed by atoms with Crippen molar-refractivity contribution in [1.82, 2.24) is 30.3 Å². The fraction of sp³-hybridized carbons (Fsp3) is 0.458. The minimum Gasteiger partial charge on any atom is -0.341 e. The Labute approximate surface area is 188 Å². The van der Waals surface area contributed by atoms with Crippen LogP contribution in [0.5, 0.6) is 0 Å². The summed E-state index contributed by atoms with van der Waals surface area (Å²) in [6, 6.07) is 12.0. The molecule has 2 fully saturated rings. The number of piperidine rings is 2. The number of aromatic amines is 1. The van der Waals surface area contributed by atoms with Crippen LogP contribution in [-0.4, -0.2) is 55.8 Å². The normalized spacial score (nSPS) is 18.4. The number of hydrogen-bond donors (Lipinski definition) is 1. The standard InChI is InChI=1S/C24H29N7O/c1-17-15-18(2)26-23(25-17)30-13-10-24(11-14-30)9-6-12-31(22(24)32)16-20-21(28-29-27-20)19-7-4-3-5-8-19/h3-5,7-8,15H,6,9-14,16H2,1-2H3,(H,27,28,29). The van der Waals surface area contributed by atoms with Gasteiger partial charge in [0, 0.05) is 36.6 Å². The van der Waals surface area contributed by atoms with Gasteiger partial charge >= 0.3 is 0 Å². The second-order valence-electron chi connectivity index (χ2n) is 9.03. The number of rotatable bonds is 4. The minimum atomic E-state index is -0.287. The van der Waals surface area contributed by atoms with E-state index in [-0.39, 0.29) is 11.3 Å². The molecule has 0 radical (unpaired) electrons. The SMILES string of the molecule is Cc1cc(C)nc(N2CCC3(CCCN(Cc4n[nH]nc4-c4ccccc4)C3=O)CC2)n1. The van der Waals surface area contributed by atoms with Crippen molar-refractivity contribution in [3.63, 3.8) is 0 Å². The first-order chi connectivity index (χ1) is 15.5. The maximum absolute atomic E-state index is 13.6. The van der Waals surface area contributed by atoms with Crippen LogP contribution in [0.15, 0.2) is 36.4 Å². The molecule has 2 aliphatic rings. The predicted octanol–water partition coefficient (Wildman–Crippen LogP) is 3.29. The van der Waals surface area contributed by atoms with E-state index in [2.05, 4.69) is 30.3 Å². The van der Waals surface area contributed by atoms with Crippen molar-refractivity contribution in [3.8, 4) is 11.3 Å². The Kier molecular flexibility index (Phi) is 5.36. The highest BCUT2D eigenvalue weighted by Gasteiger charge is 2.46. The van der Waals surface area contributed by atoms with E-state index in [0.717, 1.165) is 79.6 Å². The highest BCUT2D eigenvalue weighted by atomic mass is 16.2. The molecule has 0 saturated carbocycles. The smallest absolute Gasteiger partial charge is 0.229 e. The largest absolute Gasteiger partial charge is 0.341 e. The lowest BCUT2D eigenvalue weighted by atomic mass is 9.71. The number of anilines is 1. The van der Waals surface area contributed by atoms with Crippen LogP contribution >= 0.6 is 0 Å². The molecule has 0 bridgehead atoms. The molecule has 8 nitrogen and oxygen atoms in total. The summed E-state index contributed by atoms with van der Waals surface area (Å²) in [6.07, 6.45) is 3.64. The minimum absolute atomic E-state index is 0.256. The molecule has 32 heavy (non-hydrogen) atoms. The summed E-state index contributed by atoms with van der Waals surface area (Å²) in [7, 11) is 0. The molecule has 166 valence electrons. The van der Waals surface area contributed by atoms with Crippen molar-refractivity contribution in [2.24, 2.45) is 5.41 Å². The van der Waals surface area contributed by atoms with E-state index in [4.69, 9.17) is 0 Å². The Hall–Kier alpha value is -3.29. The number of nitrogens with zero attached hydrogens (tertiary/aromatic N) is 6. The van der Waals surface area contributed by atoms with Crippen LogP contribution in [0.1, 0.15) is 42.8 Å². The van der Waals surface area contributed by atoms with E-state index in [9.17, 15) is 4.79 Å². The fourth-order valence-electron chi connectivity index (χ4n) is 5.12. The predicted molar refractivity (Wildman–Crippen MR) is 122 cm³/mol. The Morgan fingerprint density at radius 1 is 0.969 bits per heavy atom. The number of carbonyl (C=O) groups excluding carboxylic acids is 1. The molecule has 0 unspecified atom stereocenters. The average Bonchev–Trinajstić information content (AvgIpc) is 3.26. The number of likely N-dealkylation sites (tertiary alicyclic amines) is 1. The summed E-state index contributed by atoms with van der Waals surface area (Å²) in [5.74, 6) is 1.04. The summed E-state index contributed by atoms with van der Waals surface area (Å²) in [4.78, 5) is 27.1. The van der Waals surface area contributed by atoms with Gasteiger partial charge in [-0.05, 0) is 45.6 Å². The van der Waals surface area contributed by atoms with Crippen LogP contribution in [0.3, 0.4) is 0 Å². The Morgan fingerprint density at radius 3 is 2.41 bits per heavy atom. The summed E-state index contributed by atoms with van der Waals surface area (Å²) >= 11 is 0. The van der Waals surface area contributed by atoms with Crippen LogP contribution < -0.4 is 4.90 Å². The molecule has 4 heterocycles. The Bertz CT molecular complexity index is 1080. The lowest BCUT2D eigenvalue weighted by molar-refractivity contribution is -0.148. The number of H-pyrrole nitrogens is 1. The van der Waals surface area contributed by atoms with Crippen LogP contribution in [0.25, 0.3) is 11.3 Å². The topological polar surface area (TPSA) is 90.9 Å². The van der Waals surface area contributed by atoms with Crippen LogP contribution in [0, 0.1) is 19.3 Å². The molecule has 1 N–H and O–H groups in total. The fourth-order valence-corrected chi connectivity index (χ4v) is 5.12. The number of hydrogen-bond acceptors (Lipinski definition) is 6. The molecule has 3 aromatic rings. The van der Waals surface area contributed by atoms with Gasteiger partial charge in [0.2, 0.25) is 11.9 Å². The van der Waals surface area contributed by atoms with Crippen LogP contribution in [-0.2, 0) is 11.3 Å². The molecule has 2 saturated heterocycles. The maximum atomic E-state index is 13.6. The van der Waals surface area contributed by atoms with Gasteiger partial charge in [-0.1, -0.05) is 30.3 Å². The molecule has 0 atom stereocenters. The van der Waals surface area contributed by atoms with Crippen LogP contribution in [0.2, 0.25) is 0 Å². The first-order valence-corrected chi connectivity index (χ1v) is 11.4. The Morgan fingerprint density at radius 2 is 1.69 bits per heavy atom. The number of amides is 1. The maximum Gasteiger partial charge on any atom is 0.229 e. The summed E-state index contributed by atoms with van der Waals surface area (Å²) in [5.41, 5.74) is 4.33. The second-order valence-corrected chi connectivity index (χ2v) is 9.03. The van der Waals surface area contributed by atoms with Crippen molar-refractivity contribution in [3.05, 3.63) is 53.5 Å². The summed E-state index contributed by atoms with van der Waals surface area (Å²) in [5, 5.41) is 11.5. The van der Waals surface area contributed by atoms with E-state index >= 15 is 0 Å². The highest BCUT2D eigenvalue weighted by Crippen LogP contribution is 2.42. The summed E-state index contributed by atoms with van der Waals surface area (Å²) in [6.45, 7) is 6.87. The molecular formula is C24H29N7O. The van der Waals surface area contributed by atoms with Crippen molar-refractivity contribution in [2.75, 3.05) is 24.5 Å². The van der Waals surface area contributed by atoms with E-state index in [1.54, 1.807) is 0 Å². The van der Waals surface area contributed by atoms with Crippen molar-refractivity contribution < 1.29 is 4.79 Å². The molecule has 1 spiro atoms. The van der Waals surface area contributed by atoms with Crippen molar-refractivity contribution in [2.45, 2.75) is 46.1 Å². The lowest BCUT2D eigenvalue weighted by Gasteiger charge is -2.46. The molecule has 8 heteroatoms. The third-order valence-electron chi connectivity index (χ3n) is 6.81. The number of carbonyl (C=O) groups is 1. The lowest BCUT2D eigenvalue weighted by Crippen LogP contribution is -2.53. The molecule has 2 aromatic heterocycles. The summed E-state index contributed by atoms with van der Waals surface area (Å²) < 4.78 is 0. The first-order valence-electron chi connectivity index (χ1n) is 11.4. The monoisotopic (exact) mass is 431 g/mol. The number of benzene rings is 1. The third kappa shape index (κ3) is 3.85. The zero-order valence-electron chi connectivity index (χ0n) is 18.7. The number of aryl methyl sites for hydroxylation is 2. The van der Waals surface area contributed by atoms with Crippen molar-refractivity contribution in [1.29, 1.82) is 0 Å². The van der Waals surface area contributed by atoms with E-state index in [0.29, 0.717) is 6.54 Å². The molecule has 1 amide bonds. The zero-order chi connectivity index (χ0) is 22.1. The molecular weight excluding hydrogens is 402 g/mol. The van der Waals surface area contributed by atoms with Gasteiger partial charge in [0.15, 0.2) is 0 Å². The molecule has 2 aliphatic heterocycles. The highest BCUT2D eigenvalue weighted by molar-refractivity contribution is 5.84. The van der Waals surface area contributed by atoms with Crippen LogP contribution in [0.4, 0.5) is 5.95 Å². The quantitative estimate of drug-likeness (QED) is 0.682. The van der Waals surface area contributed by atoms with Gasteiger partial charge in [0.25, 0.3) is 0 Å². The number of nitrogens with one attached hydrogen (secondary N) is 1. The van der Waals surface area contributed by atoms with Gasteiger partial charge in [-0.15, -0.1) is 0 Å². The first kappa shape index (κ1) is 20.6. The van der Waals surface area contributed by atoms with Gasteiger partial charge in [0.1, 0.15) is 11.4 Å². The molecule has 1 aromatic carbocycles. The number of aromatic nitrogens is 5.